The molecular weight excluding hydrogens is 486 g/mol. The van der Waals surface area contributed by atoms with Crippen LogP contribution >= 0.6 is 27.7 Å². The Balaban J connectivity index is 1.59. The number of pyridine rings is 1. The molecule has 4 aromatic rings. The van der Waals surface area contributed by atoms with Crippen LogP contribution in [0.3, 0.4) is 0 Å². The first-order chi connectivity index (χ1) is 15.4. The minimum Gasteiger partial charge on any atom is -0.325 e. The molecule has 0 unspecified atom stereocenters. The number of rotatable bonds is 6. The zero-order chi connectivity index (χ0) is 22.7. The molecule has 0 aliphatic carbocycles. The number of thioether (sulfide) groups is 1. The Hall–Kier alpha value is -2.97. The van der Waals surface area contributed by atoms with E-state index in [2.05, 4.69) is 55.5 Å². The van der Waals surface area contributed by atoms with Crippen LogP contribution in [0.2, 0.25) is 0 Å². The Kier molecular flexibility index (Phi) is 6.72. The SMILES string of the molecule is Cc1cc(C)c(NC(=O)CSc2nnc(-c3ccncc3)n2-c2ccc(Br)cc2)c(C)c1. The van der Waals surface area contributed by atoms with Crippen LogP contribution in [0.5, 0.6) is 0 Å². The minimum atomic E-state index is -0.0825. The zero-order valence-electron chi connectivity index (χ0n) is 18.0. The predicted octanol–water partition coefficient (Wildman–Crippen LogP) is 5.75. The number of hydrogen-bond donors (Lipinski definition) is 1. The van der Waals surface area contributed by atoms with Crippen LogP contribution in [0.1, 0.15) is 16.7 Å². The quantitative estimate of drug-likeness (QED) is 0.336. The van der Waals surface area contributed by atoms with Crippen molar-refractivity contribution in [3.8, 4) is 17.1 Å². The van der Waals surface area contributed by atoms with Crippen molar-refractivity contribution in [3.05, 3.63) is 82.1 Å². The summed E-state index contributed by atoms with van der Waals surface area (Å²) in [5.41, 5.74) is 5.97. The smallest absolute Gasteiger partial charge is 0.234 e. The van der Waals surface area contributed by atoms with E-state index in [1.54, 1.807) is 12.4 Å². The number of halogens is 1. The van der Waals surface area contributed by atoms with E-state index in [0.29, 0.717) is 11.0 Å². The van der Waals surface area contributed by atoms with Crippen LogP contribution in [0.15, 0.2) is 70.6 Å². The van der Waals surface area contributed by atoms with Crippen molar-refractivity contribution in [2.75, 3.05) is 11.1 Å². The van der Waals surface area contributed by atoms with Gasteiger partial charge in [0.2, 0.25) is 5.91 Å². The monoisotopic (exact) mass is 507 g/mol. The molecule has 0 fully saturated rings. The van der Waals surface area contributed by atoms with E-state index in [4.69, 9.17) is 0 Å². The Morgan fingerprint density at radius 3 is 2.31 bits per heavy atom. The van der Waals surface area contributed by atoms with Crippen molar-refractivity contribution in [1.29, 1.82) is 0 Å². The molecule has 6 nitrogen and oxygen atoms in total. The Morgan fingerprint density at radius 2 is 1.66 bits per heavy atom. The molecule has 0 aliphatic heterocycles. The Bertz CT molecular complexity index is 1230. The number of nitrogens with zero attached hydrogens (tertiary/aromatic N) is 4. The van der Waals surface area contributed by atoms with Gasteiger partial charge in [0.25, 0.3) is 0 Å². The third-order valence-corrected chi connectivity index (χ3v) is 6.39. The maximum absolute atomic E-state index is 12.7. The fraction of sp³-hybridized carbons (Fsp3) is 0.167. The molecule has 4 rings (SSSR count). The van der Waals surface area contributed by atoms with Gasteiger partial charge in [0.15, 0.2) is 11.0 Å². The van der Waals surface area contributed by atoms with Gasteiger partial charge in [0.1, 0.15) is 0 Å². The predicted molar refractivity (Wildman–Crippen MR) is 132 cm³/mol. The Morgan fingerprint density at radius 1 is 1.00 bits per heavy atom. The van der Waals surface area contributed by atoms with Crippen molar-refractivity contribution in [3.63, 3.8) is 0 Å². The van der Waals surface area contributed by atoms with Crippen LogP contribution in [-0.4, -0.2) is 31.4 Å². The van der Waals surface area contributed by atoms with Crippen molar-refractivity contribution in [2.24, 2.45) is 0 Å². The topological polar surface area (TPSA) is 72.7 Å². The highest BCUT2D eigenvalue weighted by atomic mass is 79.9. The maximum atomic E-state index is 12.7. The lowest BCUT2D eigenvalue weighted by Gasteiger charge is -2.13. The zero-order valence-corrected chi connectivity index (χ0v) is 20.4. The lowest BCUT2D eigenvalue weighted by atomic mass is 10.1. The third kappa shape index (κ3) is 4.92. The fourth-order valence-corrected chi connectivity index (χ4v) is 4.57. The first-order valence-electron chi connectivity index (χ1n) is 10.0. The van der Waals surface area contributed by atoms with Gasteiger partial charge in [-0.25, -0.2) is 0 Å². The number of anilines is 1. The van der Waals surface area contributed by atoms with Crippen molar-refractivity contribution in [1.82, 2.24) is 19.7 Å². The highest BCUT2D eigenvalue weighted by molar-refractivity contribution is 9.10. The highest BCUT2D eigenvalue weighted by Gasteiger charge is 2.18. The van der Waals surface area contributed by atoms with Gasteiger partial charge in [-0.2, -0.15) is 0 Å². The molecule has 2 heterocycles. The van der Waals surface area contributed by atoms with Gasteiger partial charge in [-0.15, -0.1) is 10.2 Å². The minimum absolute atomic E-state index is 0.0825. The number of amides is 1. The summed E-state index contributed by atoms with van der Waals surface area (Å²) >= 11 is 4.83. The van der Waals surface area contributed by atoms with Crippen molar-refractivity contribution < 1.29 is 4.79 Å². The molecule has 0 aliphatic rings. The number of aromatic nitrogens is 4. The maximum Gasteiger partial charge on any atom is 0.234 e. The summed E-state index contributed by atoms with van der Waals surface area (Å²) in [6.45, 7) is 6.07. The summed E-state index contributed by atoms with van der Waals surface area (Å²) in [5, 5.41) is 12.5. The largest absolute Gasteiger partial charge is 0.325 e. The molecule has 0 saturated carbocycles. The molecule has 8 heteroatoms. The second kappa shape index (κ2) is 9.67. The van der Waals surface area contributed by atoms with E-state index in [1.807, 2.05) is 54.8 Å². The van der Waals surface area contributed by atoms with Crippen molar-refractivity contribution in [2.45, 2.75) is 25.9 Å². The molecule has 1 N–H and O–H groups in total. The third-order valence-electron chi connectivity index (χ3n) is 4.93. The van der Waals surface area contributed by atoms with Gasteiger partial charge in [-0.3, -0.25) is 14.3 Å². The molecule has 0 spiro atoms. The first kappa shape index (κ1) is 22.2. The summed E-state index contributed by atoms with van der Waals surface area (Å²) in [5.74, 6) is 0.835. The van der Waals surface area contributed by atoms with Crippen LogP contribution in [0.25, 0.3) is 17.1 Å². The van der Waals surface area contributed by atoms with Crippen molar-refractivity contribution >= 4 is 39.3 Å². The van der Waals surface area contributed by atoms with E-state index in [1.165, 1.54) is 17.3 Å². The summed E-state index contributed by atoms with van der Waals surface area (Å²) in [6.07, 6.45) is 3.45. The molecule has 0 atom stereocenters. The van der Waals surface area contributed by atoms with Gasteiger partial charge < -0.3 is 5.32 Å². The van der Waals surface area contributed by atoms with E-state index in [9.17, 15) is 4.79 Å². The average Bonchev–Trinajstić information content (AvgIpc) is 3.20. The summed E-state index contributed by atoms with van der Waals surface area (Å²) in [6, 6.07) is 15.8. The van der Waals surface area contributed by atoms with Gasteiger partial charge in [0, 0.05) is 33.8 Å². The molecular formula is C24H22BrN5OS. The van der Waals surface area contributed by atoms with E-state index < -0.39 is 0 Å². The summed E-state index contributed by atoms with van der Waals surface area (Å²) < 4.78 is 2.94. The molecule has 2 aromatic heterocycles. The molecule has 2 aromatic carbocycles. The van der Waals surface area contributed by atoms with Crippen LogP contribution in [0, 0.1) is 20.8 Å². The normalized spacial score (nSPS) is 10.9. The van der Waals surface area contributed by atoms with Crippen LogP contribution in [-0.2, 0) is 4.79 Å². The van der Waals surface area contributed by atoms with Gasteiger partial charge in [0.05, 0.1) is 5.75 Å². The lowest BCUT2D eigenvalue weighted by molar-refractivity contribution is -0.113. The fourth-order valence-electron chi connectivity index (χ4n) is 3.56. The van der Waals surface area contributed by atoms with Crippen LogP contribution < -0.4 is 5.32 Å². The second-order valence-corrected chi connectivity index (χ2v) is 9.32. The number of aryl methyl sites for hydroxylation is 3. The van der Waals surface area contributed by atoms with E-state index >= 15 is 0 Å². The molecule has 0 bridgehead atoms. The van der Waals surface area contributed by atoms with E-state index in [0.717, 1.165) is 32.5 Å². The number of carbonyl (C=O) groups excluding carboxylic acids is 1. The summed E-state index contributed by atoms with van der Waals surface area (Å²) in [4.78, 5) is 16.8. The first-order valence-corrected chi connectivity index (χ1v) is 11.8. The Labute approximate surface area is 199 Å². The standard InChI is InChI=1S/C24H22BrN5OS/c1-15-12-16(2)22(17(3)13-15)27-21(31)14-32-24-29-28-23(18-8-10-26-11-9-18)30(24)20-6-4-19(25)5-7-20/h4-13H,14H2,1-3H3,(H,27,31). The molecule has 0 radical (unpaired) electrons. The van der Waals surface area contributed by atoms with Gasteiger partial charge in [-0.1, -0.05) is 45.4 Å². The lowest BCUT2D eigenvalue weighted by Crippen LogP contribution is -2.16. The van der Waals surface area contributed by atoms with E-state index in [-0.39, 0.29) is 11.7 Å². The number of nitrogens with one attached hydrogen (secondary N) is 1. The molecule has 32 heavy (non-hydrogen) atoms. The summed E-state index contributed by atoms with van der Waals surface area (Å²) in [7, 11) is 0. The molecule has 0 saturated heterocycles. The molecule has 1 amide bonds. The molecule has 162 valence electrons. The highest BCUT2D eigenvalue weighted by Crippen LogP contribution is 2.29. The second-order valence-electron chi connectivity index (χ2n) is 7.46. The number of benzene rings is 2. The van der Waals surface area contributed by atoms with Crippen LogP contribution in [0.4, 0.5) is 5.69 Å². The number of hydrogen-bond acceptors (Lipinski definition) is 5. The average molecular weight is 508 g/mol. The number of carbonyl (C=O) groups is 1. The van der Waals surface area contributed by atoms with Gasteiger partial charge >= 0.3 is 0 Å². The van der Waals surface area contributed by atoms with Gasteiger partial charge in [-0.05, 0) is 68.3 Å².